The summed E-state index contributed by atoms with van der Waals surface area (Å²) in [6.07, 6.45) is 2.32. The van der Waals surface area contributed by atoms with Gasteiger partial charge in [0.1, 0.15) is 11.4 Å². The maximum atomic E-state index is 12.4. The SMILES string of the molecule is COc1ccc2[nH]c(C(=O)NC3(CC(=O)O)CCC3)cc2c1. The normalized spacial score (nSPS) is 16.0. The molecule has 116 valence electrons. The number of carboxylic acids is 1. The number of H-pyrrole nitrogens is 1. The molecular weight excluding hydrogens is 284 g/mol. The Kier molecular flexibility index (Phi) is 3.52. The van der Waals surface area contributed by atoms with Gasteiger partial charge in [-0.2, -0.15) is 0 Å². The second-order valence-electron chi connectivity index (χ2n) is 5.79. The second-order valence-corrected chi connectivity index (χ2v) is 5.79. The van der Waals surface area contributed by atoms with Crippen molar-refractivity contribution in [3.63, 3.8) is 0 Å². The molecule has 0 radical (unpaired) electrons. The molecule has 0 bridgehead atoms. The number of aliphatic carboxylic acids is 1. The number of hydrogen-bond acceptors (Lipinski definition) is 3. The van der Waals surface area contributed by atoms with Crippen LogP contribution in [-0.4, -0.2) is 34.6 Å². The zero-order chi connectivity index (χ0) is 15.7. The van der Waals surface area contributed by atoms with Gasteiger partial charge in [-0.05, 0) is 43.5 Å². The fourth-order valence-electron chi connectivity index (χ4n) is 2.91. The zero-order valence-electron chi connectivity index (χ0n) is 12.3. The number of amides is 1. The Labute approximate surface area is 127 Å². The van der Waals surface area contributed by atoms with E-state index in [1.807, 2.05) is 18.2 Å². The third-order valence-corrected chi connectivity index (χ3v) is 4.25. The number of rotatable bonds is 5. The Bertz CT molecular complexity index is 731. The molecule has 6 heteroatoms. The molecule has 1 fully saturated rings. The van der Waals surface area contributed by atoms with E-state index < -0.39 is 11.5 Å². The van der Waals surface area contributed by atoms with Crippen molar-refractivity contribution in [1.82, 2.24) is 10.3 Å². The number of aromatic nitrogens is 1. The molecule has 1 aliphatic rings. The standard InChI is InChI=1S/C16H18N2O4/c1-22-11-3-4-12-10(7-11)8-13(17-12)15(21)18-16(5-2-6-16)9-14(19)20/h3-4,7-8,17H,2,5-6,9H2,1H3,(H,18,21)(H,19,20). The summed E-state index contributed by atoms with van der Waals surface area (Å²) in [4.78, 5) is 26.4. The Morgan fingerprint density at radius 2 is 2.14 bits per heavy atom. The number of carboxylic acid groups (broad SMARTS) is 1. The molecule has 3 rings (SSSR count). The van der Waals surface area contributed by atoms with Crippen LogP contribution in [0, 0.1) is 0 Å². The fraction of sp³-hybridized carbons (Fsp3) is 0.375. The smallest absolute Gasteiger partial charge is 0.305 e. The Morgan fingerprint density at radius 3 is 2.73 bits per heavy atom. The van der Waals surface area contributed by atoms with Crippen LogP contribution < -0.4 is 10.1 Å². The molecule has 1 aromatic heterocycles. The van der Waals surface area contributed by atoms with Crippen LogP contribution >= 0.6 is 0 Å². The lowest BCUT2D eigenvalue weighted by molar-refractivity contribution is -0.139. The average Bonchev–Trinajstić information content (AvgIpc) is 2.87. The molecular formula is C16H18N2O4. The van der Waals surface area contributed by atoms with Gasteiger partial charge in [-0.15, -0.1) is 0 Å². The highest BCUT2D eigenvalue weighted by Crippen LogP contribution is 2.35. The van der Waals surface area contributed by atoms with Crippen molar-refractivity contribution in [3.05, 3.63) is 30.0 Å². The van der Waals surface area contributed by atoms with Crippen LogP contribution in [0.25, 0.3) is 10.9 Å². The molecule has 1 aromatic carbocycles. The number of ether oxygens (including phenoxy) is 1. The van der Waals surface area contributed by atoms with Crippen LogP contribution in [0.3, 0.4) is 0 Å². The lowest BCUT2D eigenvalue weighted by Crippen LogP contribution is -2.54. The molecule has 0 atom stereocenters. The Balaban J connectivity index is 1.81. The van der Waals surface area contributed by atoms with Crippen LogP contribution in [0.2, 0.25) is 0 Å². The quantitative estimate of drug-likeness (QED) is 0.790. The number of hydrogen-bond donors (Lipinski definition) is 3. The summed E-state index contributed by atoms with van der Waals surface area (Å²) < 4.78 is 5.16. The average molecular weight is 302 g/mol. The summed E-state index contributed by atoms with van der Waals surface area (Å²) in [5.41, 5.74) is 0.671. The molecule has 1 amide bonds. The number of aromatic amines is 1. The monoisotopic (exact) mass is 302 g/mol. The highest BCUT2D eigenvalue weighted by Gasteiger charge is 2.40. The maximum Gasteiger partial charge on any atom is 0.305 e. The molecule has 0 spiro atoms. The van der Waals surface area contributed by atoms with Crippen molar-refractivity contribution in [3.8, 4) is 5.75 Å². The van der Waals surface area contributed by atoms with Gasteiger partial charge in [0.2, 0.25) is 0 Å². The summed E-state index contributed by atoms with van der Waals surface area (Å²) in [5.74, 6) is -0.433. The van der Waals surface area contributed by atoms with Gasteiger partial charge in [0.15, 0.2) is 0 Å². The van der Waals surface area contributed by atoms with Crippen molar-refractivity contribution in [1.29, 1.82) is 0 Å². The number of nitrogens with one attached hydrogen (secondary N) is 2. The van der Waals surface area contributed by atoms with E-state index in [-0.39, 0.29) is 12.3 Å². The Hall–Kier alpha value is -2.50. The molecule has 22 heavy (non-hydrogen) atoms. The molecule has 0 unspecified atom stereocenters. The largest absolute Gasteiger partial charge is 0.497 e. The lowest BCUT2D eigenvalue weighted by atomic mass is 9.74. The minimum atomic E-state index is -0.888. The van der Waals surface area contributed by atoms with Crippen LogP contribution in [0.5, 0.6) is 5.75 Å². The van der Waals surface area contributed by atoms with Crippen molar-refractivity contribution in [2.75, 3.05) is 7.11 Å². The third-order valence-electron chi connectivity index (χ3n) is 4.25. The number of carbonyl (C=O) groups excluding carboxylic acids is 1. The summed E-state index contributed by atoms with van der Waals surface area (Å²) in [6.45, 7) is 0. The number of fused-ring (bicyclic) bond motifs is 1. The predicted octanol–water partition coefficient (Wildman–Crippen LogP) is 2.30. The van der Waals surface area contributed by atoms with Gasteiger partial charge in [0.05, 0.1) is 19.1 Å². The van der Waals surface area contributed by atoms with Gasteiger partial charge in [0.25, 0.3) is 5.91 Å². The first-order valence-corrected chi connectivity index (χ1v) is 7.22. The van der Waals surface area contributed by atoms with Gasteiger partial charge in [-0.3, -0.25) is 9.59 Å². The van der Waals surface area contributed by atoms with E-state index in [1.54, 1.807) is 13.2 Å². The van der Waals surface area contributed by atoms with Crippen molar-refractivity contribution >= 4 is 22.8 Å². The van der Waals surface area contributed by atoms with Gasteiger partial charge < -0.3 is 20.1 Å². The first kappa shape index (κ1) is 14.4. The molecule has 1 saturated carbocycles. The van der Waals surface area contributed by atoms with E-state index in [2.05, 4.69) is 10.3 Å². The number of carbonyl (C=O) groups is 2. The summed E-state index contributed by atoms with van der Waals surface area (Å²) in [7, 11) is 1.59. The third kappa shape index (κ3) is 2.64. The summed E-state index contributed by atoms with van der Waals surface area (Å²) in [6, 6.07) is 7.26. The maximum absolute atomic E-state index is 12.4. The molecule has 1 heterocycles. The number of benzene rings is 1. The molecule has 3 N–H and O–H groups in total. The lowest BCUT2D eigenvalue weighted by Gasteiger charge is -2.41. The molecule has 1 aliphatic carbocycles. The summed E-state index contributed by atoms with van der Waals surface area (Å²) >= 11 is 0. The topological polar surface area (TPSA) is 91.4 Å². The first-order chi connectivity index (χ1) is 10.5. The van der Waals surface area contributed by atoms with Crippen molar-refractivity contribution in [2.45, 2.75) is 31.2 Å². The van der Waals surface area contributed by atoms with E-state index in [0.717, 1.165) is 23.1 Å². The Morgan fingerprint density at radius 1 is 1.36 bits per heavy atom. The highest BCUT2D eigenvalue weighted by molar-refractivity contribution is 5.98. The van der Waals surface area contributed by atoms with Gasteiger partial charge >= 0.3 is 5.97 Å². The minimum Gasteiger partial charge on any atom is -0.497 e. The number of methoxy groups -OCH3 is 1. The van der Waals surface area contributed by atoms with E-state index in [9.17, 15) is 9.59 Å². The zero-order valence-corrected chi connectivity index (χ0v) is 12.3. The van der Waals surface area contributed by atoms with E-state index in [0.29, 0.717) is 18.5 Å². The predicted molar refractivity (Wildman–Crippen MR) is 81.2 cm³/mol. The molecule has 6 nitrogen and oxygen atoms in total. The van der Waals surface area contributed by atoms with E-state index >= 15 is 0 Å². The molecule has 2 aromatic rings. The van der Waals surface area contributed by atoms with Crippen molar-refractivity contribution in [2.24, 2.45) is 0 Å². The van der Waals surface area contributed by atoms with Crippen LogP contribution in [0.4, 0.5) is 0 Å². The van der Waals surface area contributed by atoms with Crippen molar-refractivity contribution < 1.29 is 19.4 Å². The van der Waals surface area contributed by atoms with E-state index in [4.69, 9.17) is 9.84 Å². The molecule has 0 aliphatic heterocycles. The van der Waals surface area contributed by atoms with Crippen LogP contribution in [-0.2, 0) is 4.79 Å². The van der Waals surface area contributed by atoms with Crippen LogP contribution in [0.15, 0.2) is 24.3 Å². The van der Waals surface area contributed by atoms with Gasteiger partial charge in [-0.1, -0.05) is 0 Å². The first-order valence-electron chi connectivity index (χ1n) is 7.22. The van der Waals surface area contributed by atoms with E-state index in [1.165, 1.54) is 0 Å². The van der Waals surface area contributed by atoms with Crippen LogP contribution in [0.1, 0.15) is 36.2 Å². The highest BCUT2D eigenvalue weighted by atomic mass is 16.5. The molecule has 0 saturated heterocycles. The minimum absolute atomic E-state index is 0.0349. The second kappa shape index (κ2) is 5.36. The van der Waals surface area contributed by atoms with Gasteiger partial charge in [0, 0.05) is 10.9 Å². The fourth-order valence-corrected chi connectivity index (χ4v) is 2.91. The summed E-state index contributed by atoms with van der Waals surface area (Å²) in [5, 5.41) is 12.8. The van der Waals surface area contributed by atoms with Gasteiger partial charge in [-0.25, -0.2) is 0 Å².